The van der Waals surface area contributed by atoms with Gasteiger partial charge in [-0.3, -0.25) is 9.69 Å². The summed E-state index contributed by atoms with van der Waals surface area (Å²) >= 11 is 0. The third kappa shape index (κ3) is 5.01. The number of benzene rings is 2. The Balaban J connectivity index is 0.000000211. The monoisotopic (exact) mass is 387 g/mol. The van der Waals surface area contributed by atoms with Crippen molar-refractivity contribution in [1.29, 1.82) is 0 Å². The molecule has 5 nitrogen and oxygen atoms in total. The van der Waals surface area contributed by atoms with Crippen LogP contribution < -0.4 is 4.74 Å². The van der Waals surface area contributed by atoms with E-state index in [1.807, 2.05) is 0 Å². The Morgan fingerprint density at radius 3 is 2.32 bits per heavy atom. The number of ketones is 1. The second kappa shape index (κ2) is 9.06. The fraction of sp³-hybridized carbons (Fsp3) is 0.409. The second-order valence-corrected chi connectivity index (χ2v) is 7.43. The highest BCUT2D eigenvalue weighted by Crippen LogP contribution is 2.37. The van der Waals surface area contributed by atoms with Crippen LogP contribution in [0.3, 0.4) is 0 Å². The lowest BCUT2D eigenvalue weighted by molar-refractivity contribution is 0.0940. The summed E-state index contributed by atoms with van der Waals surface area (Å²) in [5.74, 6) is 1.31. The van der Waals surface area contributed by atoms with Crippen LogP contribution in [-0.2, 0) is 0 Å². The zero-order valence-electron chi connectivity index (χ0n) is 16.0. The molecule has 0 bridgehead atoms. The SMILES string of the molecule is COc1ccc(O)cc1.O=C(CN1C[C@H]2CCC[C@H]2C1)c1ccc(O)c(F)c1. The lowest BCUT2D eigenvalue weighted by atomic mass is 10.0. The number of phenolic OH excluding ortho intramolecular Hbond substituents is 2. The number of hydrogen-bond acceptors (Lipinski definition) is 5. The highest BCUT2D eigenvalue weighted by atomic mass is 19.1. The van der Waals surface area contributed by atoms with Gasteiger partial charge in [-0.05, 0) is 67.1 Å². The first-order chi connectivity index (χ1) is 13.5. The molecule has 1 heterocycles. The van der Waals surface area contributed by atoms with Crippen molar-refractivity contribution in [3.05, 3.63) is 53.8 Å². The van der Waals surface area contributed by atoms with Crippen LogP contribution in [0.15, 0.2) is 42.5 Å². The van der Waals surface area contributed by atoms with Gasteiger partial charge in [0.1, 0.15) is 11.5 Å². The van der Waals surface area contributed by atoms with E-state index in [9.17, 15) is 9.18 Å². The van der Waals surface area contributed by atoms with E-state index in [0.717, 1.165) is 36.7 Å². The lowest BCUT2D eigenvalue weighted by Gasteiger charge is -2.15. The number of hydrogen-bond donors (Lipinski definition) is 2. The van der Waals surface area contributed by atoms with Crippen LogP contribution in [0.2, 0.25) is 0 Å². The van der Waals surface area contributed by atoms with E-state index in [0.29, 0.717) is 12.1 Å². The van der Waals surface area contributed by atoms with Gasteiger partial charge in [0, 0.05) is 18.7 Å². The summed E-state index contributed by atoms with van der Waals surface area (Å²) in [5, 5.41) is 17.9. The van der Waals surface area contributed by atoms with Gasteiger partial charge >= 0.3 is 0 Å². The van der Waals surface area contributed by atoms with Crippen molar-refractivity contribution >= 4 is 5.78 Å². The average molecular weight is 387 g/mol. The topological polar surface area (TPSA) is 70.0 Å². The van der Waals surface area contributed by atoms with Crippen LogP contribution in [0.25, 0.3) is 0 Å². The quantitative estimate of drug-likeness (QED) is 0.780. The third-order valence-electron chi connectivity index (χ3n) is 5.51. The first kappa shape index (κ1) is 20.1. The highest BCUT2D eigenvalue weighted by molar-refractivity contribution is 5.97. The Labute approximate surface area is 164 Å². The average Bonchev–Trinajstić information content (AvgIpc) is 3.27. The molecule has 2 aromatic carbocycles. The Bertz CT molecular complexity index is 797. The first-order valence-electron chi connectivity index (χ1n) is 9.53. The Morgan fingerprint density at radius 2 is 1.75 bits per heavy atom. The van der Waals surface area contributed by atoms with E-state index in [2.05, 4.69) is 4.90 Å². The predicted molar refractivity (Wildman–Crippen MR) is 104 cm³/mol. The van der Waals surface area contributed by atoms with Gasteiger partial charge in [-0.25, -0.2) is 4.39 Å². The first-order valence-corrected chi connectivity index (χ1v) is 9.53. The molecule has 2 N–H and O–H groups in total. The number of nitrogens with zero attached hydrogens (tertiary/aromatic N) is 1. The van der Waals surface area contributed by atoms with E-state index in [-0.39, 0.29) is 11.5 Å². The van der Waals surface area contributed by atoms with Crippen LogP contribution in [0, 0.1) is 17.7 Å². The predicted octanol–water partition coefficient (Wildman–Crippen LogP) is 3.85. The number of methoxy groups -OCH3 is 1. The van der Waals surface area contributed by atoms with Crippen molar-refractivity contribution in [3.8, 4) is 17.2 Å². The molecule has 1 aliphatic heterocycles. The van der Waals surface area contributed by atoms with Crippen molar-refractivity contribution in [2.45, 2.75) is 19.3 Å². The standard InChI is InChI=1S/C15H18FNO2.C7H8O2/c16-13-6-10(4-5-14(13)18)15(19)9-17-7-11-2-1-3-12(11)8-17;1-9-7-4-2-6(8)3-5-7/h4-6,11-12,18H,1-3,7-9H2;2-5,8H,1H3/t11-,12+;. The van der Waals surface area contributed by atoms with Crippen LogP contribution in [-0.4, -0.2) is 47.6 Å². The number of carbonyl (C=O) groups is 1. The van der Waals surface area contributed by atoms with Gasteiger partial charge in [0.05, 0.1) is 13.7 Å². The van der Waals surface area contributed by atoms with Crippen molar-refractivity contribution in [2.75, 3.05) is 26.7 Å². The summed E-state index contributed by atoms with van der Waals surface area (Å²) in [6.07, 6.45) is 3.88. The van der Waals surface area contributed by atoms with Gasteiger partial charge in [0.25, 0.3) is 0 Å². The van der Waals surface area contributed by atoms with E-state index in [1.54, 1.807) is 31.4 Å². The van der Waals surface area contributed by atoms with Crippen LogP contribution in [0.5, 0.6) is 17.2 Å². The molecule has 28 heavy (non-hydrogen) atoms. The fourth-order valence-electron chi connectivity index (χ4n) is 4.02. The summed E-state index contributed by atoms with van der Waals surface area (Å²) in [6.45, 7) is 2.35. The Morgan fingerprint density at radius 1 is 1.11 bits per heavy atom. The molecule has 1 aliphatic carbocycles. The van der Waals surface area contributed by atoms with E-state index < -0.39 is 11.6 Å². The number of halogens is 1. The van der Waals surface area contributed by atoms with Gasteiger partial charge in [0.15, 0.2) is 17.3 Å². The molecular weight excluding hydrogens is 361 g/mol. The molecule has 0 radical (unpaired) electrons. The van der Waals surface area contributed by atoms with Crippen LogP contribution in [0.1, 0.15) is 29.6 Å². The Kier molecular flexibility index (Phi) is 6.52. The van der Waals surface area contributed by atoms with Gasteiger partial charge in [0.2, 0.25) is 0 Å². The lowest BCUT2D eigenvalue weighted by Crippen LogP contribution is -2.28. The minimum absolute atomic E-state index is 0.0705. The molecule has 2 aliphatic rings. The molecule has 2 fully saturated rings. The number of carbonyl (C=O) groups excluding carboxylic acids is 1. The largest absolute Gasteiger partial charge is 0.508 e. The molecule has 0 spiro atoms. The molecule has 2 aromatic rings. The molecule has 0 amide bonds. The summed E-state index contributed by atoms with van der Waals surface area (Å²) in [5.41, 5.74) is 0.340. The number of fused-ring (bicyclic) bond motifs is 1. The van der Waals surface area contributed by atoms with Gasteiger partial charge in [-0.15, -0.1) is 0 Å². The summed E-state index contributed by atoms with van der Waals surface area (Å²) in [6, 6.07) is 10.4. The van der Waals surface area contributed by atoms with E-state index in [4.69, 9.17) is 14.9 Å². The molecule has 0 unspecified atom stereocenters. The minimum atomic E-state index is -0.732. The van der Waals surface area contributed by atoms with E-state index in [1.165, 1.54) is 31.4 Å². The van der Waals surface area contributed by atoms with Crippen molar-refractivity contribution < 1.29 is 24.1 Å². The van der Waals surface area contributed by atoms with Gasteiger partial charge in [-0.2, -0.15) is 0 Å². The molecule has 1 saturated carbocycles. The number of phenols is 2. The molecule has 150 valence electrons. The second-order valence-electron chi connectivity index (χ2n) is 7.43. The van der Waals surface area contributed by atoms with E-state index >= 15 is 0 Å². The third-order valence-corrected chi connectivity index (χ3v) is 5.51. The Hall–Kier alpha value is -2.60. The smallest absolute Gasteiger partial charge is 0.176 e. The van der Waals surface area contributed by atoms with Crippen LogP contribution >= 0.6 is 0 Å². The molecule has 6 heteroatoms. The maximum absolute atomic E-state index is 13.2. The zero-order chi connectivity index (χ0) is 20.1. The molecule has 4 rings (SSSR count). The minimum Gasteiger partial charge on any atom is -0.508 e. The summed E-state index contributed by atoms with van der Waals surface area (Å²) < 4.78 is 18.1. The molecular formula is C22H26FNO4. The van der Waals surface area contributed by atoms with Crippen LogP contribution in [0.4, 0.5) is 4.39 Å². The summed E-state index contributed by atoms with van der Waals surface area (Å²) in [7, 11) is 1.59. The van der Waals surface area contributed by atoms with Crippen molar-refractivity contribution in [2.24, 2.45) is 11.8 Å². The number of aromatic hydroxyl groups is 2. The summed E-state index contributed by atoms with van der Waals surface area (Å²) in [4.78, 5) is 14.3. The van der Waals surface area contributed by atoms with Gasteiger partial charge in [-0.1, -0.05) is 6.42 Å². The number of Topliss-reactive ketones (excluding diaryl/α,β-unsaturated/α-hetero) is 1. The normalized spacial score (nSPS) is 20.9. The number of ether oxygens (including phenoxy) is 1. The maximum atomic E-state index is 13.2. The molecule has 0 aromatic heterocycles. The fourth-order valence-corrected chi connectivity index (χ4v) is 4.02. The molecule has 2 atom stereocenters. The van der Waals surface area contributed by atoms with Gasteiger partial charge < -0.3 is 14.9 Å². The van der Waals surface area contributed by atoms with Crippen molar-refractivity contribution in [3.63, 3.8) is 0 Å². The molecule has 1 saturated heterocycles. The number of rotatable bonds is 4. The zero-order valence-corrected chi connectivity index (χ0v) is 16.0. The highest BCUT2D eigenvalue weighted by Gasteiger charge is 2.36. The van der Waals surface area contributed by atoms with Crippen molar-refractivity contribution in [1.82, 2.24) is 4.90 Å². The maximum Gasteiger partial charge on any atom is 0.176 e. The number of likely N-dealkylation sites (tertiary alicyclic amines) is 1.